The first kappa shape index (κ1) is 19.3. The van der Waals surface area contributed by atoms with E-state index in [1.807, 2.05) is 13.8 Å². The summed E-state index contributed by atoms with van der Waals surface area (Å²) in [4.78, 5) is 4.38. The highest BCUT2D eigenvalue weighted by Gasteiger charge is 2.34. The van der Waals surface area contributed by atoms with Crippen molar-refractivity contribution in [3.63, 3.8) is 0 Å². The Labute approximate surface area is 163 Å². The predicted octanol–water partition coefficient (Wildman–Crippen LogP) is 4.50. The Morgan fingerprint density at radius 1 is 1.23 bits per heavy atom. The van der Waals surface area contributed by atoms with E-state index in [2.05, 4.69) is 4.98 Å². The van der Waals surface area contributed by atoms with E-state index in [4.69, 9.17) is 32.1 Å². The van der Waals surface area contributed by atoms with Crippen LogP contribution in [-0.4, -0.2) is 25.1 Å². The van der Waals surface area contributed by atoms with Crippen LogP contribution in [0.25, 0.3) is 0 Å². The highest BCUT2D eigenvalue weighted by atomic mass is 35.5. The molecule has 1 heterocycles. The summed E-state index contributed by atoms with van der Waals surface area (Å²) in [5, 5.41) is 0.596. The third-order valence-corrected chi connectivity index (χ3v) is 5.81. The minimum atomic E-state index is -4.16. The van der Waals surface area contributed by atoms with Gasteiger partial charge in [0.15, 0.2) is 0 Å². The number of hydrogen-bond donors (Lipinski definition) is 0. The number of benzene rings is 1. The molecule has 142 valence electrons. The van der Waals surface area contributed by atoms with E-state index in [0.717, 1.165) is 12.8 Å². The highest BCUT2D eigenvalue weighted by Crippen LogP contribution is 2.37. The Balaban J connectivity index is 2.08. The van der Waals surface area contributed by atoms with Gasteiger partial charge in [-0.05, 0) is 30.7 Å². The van der Waals surface area contributed by atoms with Gasteiger partial charge < -0.3 is 8.92 Å². The van der Waals surface area contributed by atoms with E-state index < -0.39 is 10.1 Å². The largest absolute Gasteiger partial charge is 0.468 e. The topological polar surface area (TPSA) is 70.4 Å². The van der Waals surface area contributed by atoms with Crippen molar-refractivity contribution < 1.29 is 17.3 Å². The standard InChI is InChI=1S/C17H20Cl2N2O4S/c1-10(2)15-16(21(9-11-4-5-11)17(20-15)24-3)26(22,23)25-14-7-12(18)6-13(19)8-14/h6-8,10-11H,4-5,9H2,1-3H3. The molecule has 1 fully saturated rings. The average molecular weight is 419 g/mol. The zero-order valence-corrected chi connectivity index (χ0v) is 17.0. The first-order chi connectivity index (χ1) is 12.2. The summed E-state index contributed by atoms with van der Waals surface area (Å²) in [7, 11) is -2.68. The number of hydrogen-bond acceptors (Lipinski definition) is 5. The number of ether oxygens (including phenoxy) is 1. The van der Waals surface area contributed by atoms with Gasteiger partial charge in [-0.15, -0.1) is 0 Å². The molecule has 1 saturated carbocycles. The lowest BCUT2D eigenvalue weighted by atomic mass is 10.1. The van der Waals surface area contributed by atoms with Gasteiger partial charge in [0, 0.05) is 28.7 Å². The second-order valence-electron chi connectivity index (χ2n) is 6.64. The Hall–Kier alpha value is -1.44. The smallest absolute Gasteiger partial charge is 0.357 e. The number of halogens is 2. The van der Waals surface area contributed by atoms with Crippen LogP contribution >= 0.6 is 23.2 Å². The lowest BCUT2D eigenvalue weighted by molar-refractivity contribution is 0.343. The van der Waals surface area contributed by atoms with E-state index in [-0.39, 0.29) is 32.7 Å². The zero-order chi connectivity index (χ0) is 19.1. The van der Waals surface area contributed by atoms with Crippen molar-refractivity contribution in [2.24, 2.45) is 5.92 Å². The number of methoxy groups -OCH3 is 1. The molecule has 1 aromatic heterocycles. The molecule has 0 radical (unpaired) electrons. The molecule has 0 unspecified atom stereocenters. The van der Waals surface area contributed by atoms with E-state index in [0.29, 0.717) is 18.2 Å². The third kappa shape index (κ3) is 4.10. The predicted molar refractivity (Wildman–Crippen MR) is 99.9 cm³/mol. The highest BCUT2D eigenvalue weighted by molar-refractivity contribution is 7.87. The van der Waals surface area contributed by atoms with Gasteiger partial charge in [-0.2, -0.15) is 13.4 Å². The summed E-state index contributed by atoms with van der Waals surface area (Å²) in [6, 6.07) is 4.58. The molecule has 0 saturated heterocycles. The molecule has 2 aromatic rings. The Bertz CT molecular complexity index is 901. The minimum absolute atomic E-state index is 0.0207. The molecule has 0 spiro atoms. The Morgan fingerprint density at radius 2 is 1.85 bits per heavy atom. The summed E-state index contributed by atoms with van der Waals surface area (Å²) in [5.74, 6) is 0.351. The van der Waals surface area contributed by atoms with Crippen LogP contribution in [0.3, 0.4) is 0 Å². The molecule has 6 nitrogen and oxygen atoms in total. The van der Waals surface area contributed by atoms with Crippen LogP contribution in [0, 0.1) is 5.92 Å². The van der Waals surface area contributed by atoms with Crippen LogP contribution in [0.15, 0.2) is 23.2 Å². The van der Waals surface area contributed by atoms with Gasteiger partial charge >= 0.3 is 10.1 Å². The normalized spacial score (nSPS) is 14.7. The quantitative estimate of drug-likeness (QED) is 0.618. The number of nitrogens with zero attached hydrogens (tertiary/aromatic N) is 2. The summed E-state index contributed by atoms with van der Waals surface area (Å²) >= 11 is 11.9. The van der Waals surface area contributed by atoms with E-state index in [1.165, 1.54) is 25.3 Å². The van der Waals surface area contributed by atoms with Crippen molar-refractivity contribution in [2.75, 3.05) is 7.11 Å². The fraction of sp³-hybridized carbons (Fsp3) is 0.471. The van der Waals surface area contributed by atoms with Crippen LogP contribution in [0.2, 0.25) is 10.0 Å². The minimum Gasteiger partial charge on any atom is -0.468 e. The molecule has 0 N–H and O–H groups in total. The van der Waals surface area contributed by atoms with Gasteiger partial charge in [0.05, 0.1) is 12.8 Å². The molecule has 1 aromatic carbocycles. The van der Waals surface area contributed by atoms with Gasteiger partial charge in [-0.3, -0.25) is 4.57 Å². The molecule has 1 aliphatic rings. The van der Waals surface area contributed by atoms with Crippen LogP contribution in [0.4, 0.5) is 0 Å². The van der Waals surface area contributed by atoms with Crippen molar-refractivity contribution in [1.82, 2.24) is 9.55 Å². The monoisotopic (exact) mass is 418 g/mol. The molecule has 0 amide bonds. The van der Waals surface area contributed by atoms with Crippen LogP contribution in [0.5, 0.6) is 11.8 Å². The SMILES string of the molecule is COc1nc(C(C)C)c(S(=O)(=O)Oc2cc(Cl)cc(Cl)c2)n1CC1CC1. The van der Waals surface area contributed by atoms with Crippen molar-refractivity contribution in [1.29, 1.82) is 0 Å². The molecule has 0 atom stereocenters. The first-order valence-corrected chi connectivity index (χ1v) is 10.4. The Kier molecular flexibility index (Phi) is 5.42. The van der Waals surface area contributed by atoms with Crippen LogP contribution < -0.4 is 8.92 Å². The van der Waals surface area contributed by atoms with E-state index in [1.54, 1.807) is 4.57 Å². The third-order valence-electron chi connectivity index (χ3n) is 4.06. The second-order valence-corrected chi connectivity index (χ2v) is 8.97. The number of aromatic nitrogens is 2. The molecular weight excluding hydrogens is 399 g/mol. The van der Waals surface area contributed by atoms with E-state index >= 15 is 0 Å². The van der Waals surface area contributed by atoms with Crippen LogP contribution in [-0.2, 0) is 16.7 Å². The van der Waals surface area contributed by atoms with Crippen molar-refractivity contribution >= 4 is 33.3 Å². The van der Waals surface area contributed by atoms with Crippen LogP contribution in [0.1, 0.15) is 38.3 Å². The fourth-order valence-corrected chi connectivity index (χ4v) is 4.59. The summed E-state index contributed by atoms with van der Waals surface area (Å²) < 4.78 is 38.4. The maximum atomic E-state index is 13.1. The van der Waals surface area contributed by atoms with Gasteiger partial charge in [0.1, 0.15) is 5.75 Å². The van der Waals surface area contributed by atoms with Crippen molar-refractivity contribution in [3.8, 4) is 11.8 Å². The molecule has 0 aliphatic heterocycles. The van der Waals surface area contributed by atoms with Gasteiger partial charge in [-0.25, -0.2) is 0 Å². The lowest BCUT2D eigenvalue weighted by Crippen LogP contribution is -2.18. The van der Waals surface area contributed by atoms with E-state index in [9.17, 15) is 8.42 Å². The maximum absolute atomic E-state index is 13.1. The lowest BCUT2D eigenvalue weighted by Gasteiger charge is -2.13. The number of rotatable bonds is 7. The van der Waals surface area contributed by atoms with Crippen molar-refractivity contribution in [3.05, 3.63) is 33.9 Å². The summed E-state index contributed by atoms with van der Waals surface area (Å²) in [5.41, 5.74) is 0.413. The molecule has 0 bridgehead atoms. The number of imidazole rings is 1. The molecule has 9 heteroatoms. The average Bonchev–Trinajstić information content (AvgIpc) is 3.23. The summed E-state index contributed by atoms with van der Waals surface area (Å²) in [6.07, 6.45) is 2.12. The maximum Gasteiger partial charge on any atom is 0.357 e. The van der Waals surface area contributed by atoms with Crippen molar-refractivity contribution in [2.45, 2.75) is 44.2 Å². The molecule has 26 heavy (non-hydrogen) atoms. The van der Waals surface area contributed by atoms with Gasteiger partial charge in [-0.1, -0.05) is 37.0 Å². The molecular formula is C17H20Cl2N2O4S. The van der Waals surface area contributed by atoms with Gasteiger partial charge in [0.2, 0.25) is 5.03 Å². The molecule has 3 rings (SSSR count). The summed E-state index contributed by atoms with van der Waals surface area (Å²) in [6.45, 7) is 4.27. The Morgan fingerprint density at radius 3 is 2.35 bits per heavy atom. The second kappa shape index (κ2) is 7.29. The van der Waals surface area contributed by atoms with Gasteiger partial charge in [0.25, 0.3) is 6.01 Å². The molecule has 1 aliphatic carbocycles. The fourth-order valence-electron chi connectivity index (χ4n) is 2.69. The zero-order valence-electron chi connectivity index (χ0n) is 14.7. The first-order valence-electron chi connectivity index (χ1n) is 8.26.